The highest BCUT2D eigenvalue weighted by Crippen LogP contribution is 2.27. The number of hydrogen-bond donors (Lipinski definition) is 0. The molecule has 1 aliphatic rings. The van der Waals surface area contributed by atoms with Crippen molar-refractivity contribution in [2.75, 3.05) is 19.6 Å². The van der Waals surface area contributed by atoms with Gasteiger partial charge in [-0.25, -0.2) is 0 Å². The molecule has 0 radical (unpaired) electrons. The van der Waals surface area contributed by atoms with Crippen molar-refractivity contribution in [2.24, 2.45) is 0 Å². The molecule has 0 saturated carbocycles. The third-order valence-electron chi connectivity index (χ3n) is 4.69. The van der Waals surface area contributed by atoms with Gasteiger partial charge in [-0.05, 0) is 37.1 Å². The van der Waals surface area contributed by atoms with E-state index in [1.54, 1.807) is 0 Å². The Balaban J connectivity index is 0.00000225. The van der Waals surface area contributed by atoms with Crippen LogP contribution in [0.5, 0.6) is 0 Å². The van der Waals surface area contributed by atoms with E-state index in [0.29, 0.717) is 0 Å². The van der Waals surface area contributed by atoms with E-state index < -0.39 is 0 Å². The van der Waals surface area contributed by atoms with Gasteiger partial charge in [-0.3, -0.25) is 9.69 Å². The van der Waals surface area contributed by atoms with Crippen LogP contribution in [-0.2, 0) is 9.53 Å². The first-order valence-electron chi connectivity index (χ1n) is 8.80. The molecule has 4 heteroatoms. The minimum Gasteiger partial charge on any atom is -0.460 e. The molecule has 0 amide bonds. The molecular formula is C21H26BrNO2. The van der Waals surface area contributed by atoms with Gasteiger partial charge < -0.3 is 4.74 Å². The molecule has 2 aromatic carbocycles. The highest BCUT2D eigenvalue weighted by Gasteiger charge is 2.28. The van der Waals surface area contributed by atoms with E-state index in [4.69, 9.17) is 4.74 Å². The Morgan fingerprint density at radius 3 is 2.16 bits per heavy atom. The van der Waals surface area contributed by atoms with Crippen LogP contribution in [-0.4, -0.2) is 36.6 Å². The fraction of sp³-hybridized carbons (Fsp3) is 0.381. The Bertz CT molecular complexity index is 608. The van der Waals surface area contributed by atoms with Crippen LogP contribution in [0, 0.1) is 0 Å². The summed E-state index contributed by atoms with van der Waals surface area (Å²) in [6, 6.07) is 19.8. The van der Waals surface area contributed by atoms with Gasteiger partial charge in [0.2, 0.25) is 0 Å². The monoisotopic (exact) mass is 403 g/mol. The maximum atomic E-state index is 13.0. The Hall–Kier alpha value is -1.65. The van der Waals surface area contributed by atoms with Crippen LogP contribution < -0.4 is 0 Å². The predicted molar refractivity (Wildman–Crippen MR) is 106 cm³/mol. The van der Waals surface area contributed by atoms with E-state index >= 15 is 0 Å². The zero-order chi connectivity index (χ0) is 16.8. The largest absolute Gasteiger partial charge is 0.460 e. The van der Waals surface area contributed by atoms with E-state index in [1.807, 2.05) is 60.7 Å². The van der Waals surface area contributed by atoms with Gasteiger partial charge in [0.05, 0.1) is 0 Å². The van der Waals surface area contributed by atoms with Gasteiger partial charge in [0.1, 0.15) is 12.0 Å². The van der Waals surface area contributed by atoms with E-state index in [0.717, 1.165) is 43.6 Å². The van der Waals surface area contributed by atoms with Gasteiger partial charge in [0.15, 0.2) is 0 Å². The smallest absolute Gasteiger partial charge is 0.318 e. The number of nitrogens with zero attached hydrogens (tertiary/aromatic N) is 1. The quantitative estimate of drug-likeness (QED) is 0.691. The lowest BCUT2D eigenvalue weighted by Crippen LogP contribution is -2.41. The summed E-state index contributed by atoms with van der Waals surface area (Å²) in [5.74, 6) is -0.500. The first-order chi connectivity index (χ1) is 11.8. The van der Waals surface area contributed by atoms with E-state index in [-0.39, 0.29) is 35.0 Å². The molecule has 2 aromatic rings. The van der Waals surface area contributed by atoms with Crippen molar-refractivity contribution in [3.8, 4) is 0 Å². The molecule has 1 aliphatic heterocycles. The fourth-order valence-electron chi connectivity index (χ4n) is 3.38. The highest BCUT2D eigenvalue weighted by molar-refractivity contribution is 8.93. The van der Waals surface area contributed by atoms with Gasteiger partial charge in [0.25, 0.3) is 0 Å². The van der Waals surface area contributed by atoms with Crippen molar-refractivity contribution in [2.45, 2.75) is 31.8 Å². The van der Waals surface area contributed by atoms with Crippen LogP contribution in [0.1, 0.15) is 36.8 Å². The molecule has 1 atom stereocenters. The van der Waals surface area contributed by atoms with Crippen LogP contribution in [0.3, 0.4) is 0 Å². The predicted octanol–water partition coefficient (Wildman–Crippen LogP) is 4.42. The van der Waals surface area contributed by atoms with Crippen LogP contribution >= 0.6 is 17.0 Å². The van der Waals surface area contributed by atoms with Crippen LogP contribution in [0.4, 0.5) is 0 Å². The molecule has 3 rings (SSSR count). The molecule has 134 valence electrons. The second kappa shape index (κ2) is 9.73. The van der Waals surface area contributed by atoms with E-state index in [1.165, 1.54) is 0 Å². The molecule has 1 unspecified atom stereocenters. The number of likely N-dealkylation sites (N-methyl/N-ethyl adjacent to an activating group) is 1. The standard InChI is InChI=1S/C21H25NO2.BrH/c1-2-22-15-9-14-19(16-22)24-21(23)20(17-10-5-3-6-11-17)18-12-7-4-8-13-18;/h3-8,10-13,19-20H,2,9,14-16H2,1H3;1H. The van der Waals surface area contributed by atoms with Gasteiger partial charge in [-0.2, -0.15) is 0 Å². The van der Waals surface area contributed by atoms with Crippen molar-refractivity contribution in [1.29, 1.82) is 0 Å². The topological polar surface area (TPSA) is 29.5 Å². The van der Waals surface area contributed by atoms with Gasteiger partial charge >= 0.3 is 5.97 Å². The number of halogens is 1. The van der Waals surface area contributed by atoms with Gasteiger partial charge in [0, 0.05) is 6.54 Å². The lowest BCUT2D eigenvalue weighted by molar-refractivity contribution is -0.152. The van der Waals surface area contributed by atoms with Gasteiger partial charge in [-0.1, -0.05) is 67.6 Å². The number of carbonyl (C=O) groups excluding carboxylic acids is 1. The molecule has 1 fully saturated rings. The zero-order valence-corrected chi connectivity index (χ0v) is 16.3. The zero-order valence-electron chi connectivity index (χ0n) is 14.6. The number of ether oxygens (including phenoxy) is 1. The summed E-state index contributed by atoms with van der Waals surface area (Å²) in [5.41, 5.74) is 1.97. The number of benzene rings is 2. The average molecular weight is 404 g/mol. The Kier molecular flexibility index (Phi) is 7.66. The molecule has 0 aromatic heterocycles. The minimum absolute atomic E-state index is 0. The summed E-state index contributed by atoms with van der Waals surface area (Å²) in [4.78, 5) is 15.3. The Labute approximate surface area is 160 Å². The summed E-state index contributed by atoms with van der Waals surface area (Å²) in [7, 11) is 0. The van der Waals surface area contributed by atoms with Crippen LogP contribution in [0.15, 0.2) is 60.7 Å². The number of hydrogen-bond acceptors (Lipinski definition) is 3. The first-order valence-corrected chi connectivity index (χ1v) is 8.80. The number of piperidine rings is 1. The number of likely N-dealkylation sites (tertiary alicyclic amines) is 1. The van der Waals surface area contributed by atoms with E-state index in [9.17, 15) is 4.79 Å². The lowest BCUT2D eigenvalue weighted by atomic mass is 9.91. The number of rotatable bonds is 5. The van der Waals surface area contributed by atoms with Gasteiger partial charge in [-0.15, -0.1) is 17.0 Å². The first kappa shape index (κ1) is 19.7. The van der Waals surface area contributed by atoms with Crippen molar-refractivity contribution >= 4 is 23.0 Å². The number of carbonyl (C=O) groups is 1. The summed E-state index contributed by atoms with van der Waals surface area (Å²) in [6.07, 6.45) is 2.05. The highest BCUT2D eigenvalue weighted by atomic mass is 79.9. The van der Waals surface area contributed by atoms with E-state index in [2.05, 4.69) is 11.8 Å². The Morgan fingerprint density at radius 2 is 1.64 bits per heavy atom. The summed E-state index contributed by atoms with van der Waals surface area (Å²) >= 11 is 0. The molecule has 0 aliphatic carbocycles. The van der Waals surface area contributed by atoms with Crippen molar-refractivity contribution < 1.29 is 9.53 Å². The maximum Gasteiger partial charge on any atom is 0.318 e. The second-order valence-corrected chi connectivity index (χ2v) is 6.35. The van der Waals surface area contributed by atoms with Crippen molar-refractivity contribution in [3.63, 3.8) is 0 Å². The molecule has 0 N–H and O–H groups in total. The summed E-state index contributed by atoms with van der Waals surface area (Å²) < 4.78 is 5.91. The number of esters is 1. The molecular weight excluding hydrogens is 378 g/mol. The van der Waals surface area contributed by atoms with Crippen molar-refractivity contribution in [3.05, 3.63) is 71.8 Å². The summed E-state index contributed by atoms with van der Waals surface area (Å²) in [6.45, 7) is 5.11. The maximum absolute atomic E-state index is 13.0. The minimum atomic E-state index is -0.357. The summed E-state index contributed by atoms with van der Waals surface area (Å²) in [5, 5.41) is 0. The molecule has 1 saturated heterocycles. The lowest BCUT2D eigenvalue weighted by Gasteiger charge is -2.32. The normalized spacial score (nSPS) is 17.8. The second-order valence-electron chi connectivity index (χ2n) is 6.35. The van der Waals surface area contributed by atoms with Crippen LogP contribution in [0.2, 0.25) is 0 Å². The molecule has 3 nitrogen and oxygen atoms in total. The SMILES string of the molecule is Br.CCN1CCCC(OC(=O)C(c2ccccc2)c2ccccc2)C1. The third-order valence-corrected chi connectivity index (χ3v) is 4.69. The third kappa shape index (κ3) is 5.16. The van der Waals surface area contributed by atoms with Crippen LogP contribution in [0.25, 0.3) is 0 Å². The average Bonchev–Trinajstić information content (AvgIpc) is 2.64. The molecule has 25 heavy (non-hydrogen) atoms. The molecule has 0 spiro atoms. The molecule has 1 heterocycles. The molecule has 0 bridgehead atoms. The van der Waals surface area contributed by atoms with Crippen molar-refractivity contribution in [1.82, 2.24) is 4.90 Å². The Morgan fingerprint density at radius 1 is 1.08 bits per heavy atom. The fourth-order valence-corrected chi connectivity index (χ4v) is 3.38.